The van der Waals surface area contributed by atoms with Crippen molar-refractivity contribution in [3.8, 4) is 17.2 Å². The van der Waals surface area contributed by atoms with Gasteiger partial charge in [0, 0.05) is 33.0 Å². The third kappa shape index (κ3) is 8.79. The molecule has 0 spiro atoms. The number of para-hydroxylation sites is 1. The van der Waals surface area contributed by atoms with Crippen LogP contribution >= 0.6 is 0 Å². The number of esters is 1. The number of carbonyl (C=O) groups excluding carboxylic acids is 2. The summed E-state index contributed by atoms with van der Waals surface area (Å²) in [4.78, 5) is 28.9. The van der Waals surface area contributed by atoms with Crippen molar-refractivity contribution in [3.63, 3.8) is 0 Å². The molecule has 1 fully saturated rings. The fraction of sp³-hybridized carbons (Fsp3) is 0.375. The molecule has 230 valence electrons. The van der Waals surface area contributed by atoms with Crippen molar-refractivity contribution < 1.29 is 41.7 Å². The SMILES string of the molecule is CCOC(=O)C(C)(Cc1ccc(OCCC2CN(Cc3ccc(OC(F)(F)F)cc3)C(=O)N2C)cc1)Oc1ccccc1. The van der Waals surface area contributed by atoms with E-state index in [0.717, 1.165) is 5.56 Å². The molecule has 1 aliphatic rings. The topological polar surface area (TPSA) is 77.5 Å². The summed E-state index contributed by atoms with van der Waals surface area (Å²) >= 11 is 0. The van der Waals surface area contributed by atoms with E-state index in [4.69, 9.17) is 14.2 Å². The molecule has 1 heterocycles. The molecule has 3 aromatic rings. The van der Waals surface area contributed by atoms with Crippen LogP contribution in [-0.4, -0.2) is 66.6 Å². The van der Waals surface area contributed by atoms with E-state index in [2.05, 4.69) is 4.74 Å². The zero-order valence-corrected chi connectivity index (χ0v) is 24.3. The third-order valence-electron chi connectivity index (χ3n) is 7.06. The molecule has 0 saturated carbocycles. The lowest BCUT2D eigenvalue weighted by molar-refractivity contribution is -0.274. The maximum absolute atomic E-state index is 12.8. The number of nitrogens with zero attached hydrogens (tertiary/aromatic N) is 2. The molecule has 0 aliphatic carbocycles. The van der Waals surface area contributed by atoms with E-state index in [1.165, 1.54) is 24.3 Å². The van der Waals surface area contributed by atoms with E-state index < -0.39 is 17.9 Å². The van der Waals surface area contributed by atoms with E-state index in [1.54, 1.807) is 42.8 Å². The zero-order chi connectivity index (χ0) is 31.0. The molecule has 43 heavy (non-hydrogen) atoms. The van der Waals surface area contributed by atoms with E-state index in [9.17, 15) is 22.8 Å². The van der Waals surface area contributed by atoms with Gasteiger partial charge in [-0.1, -0.05) is 42.5 Å². The fourth-order valence-electron chi connectivity index (χ4n) is 4.86. The summed E-state index contributed by atoms with van der Waals surface area (Å²) in [7, 11) is 1.72. The Hall–Kier alpha value is -4.41. The highest BCUT2D eigenvalue weighted by Crippen LogP contribution is 2.27. The molecule has 2 unspecified atom stereocenters. The molecule has 2 atom stereocenters. The van der Waals surface area contributed by atoms with E-state index >= 15 is 0 Å². The molecule has 3 aromatic carbocycles. The summed E-state index contributed by atoms with van der Waals surface area (Å²) in [5.41, 5.74) is 0.347. The van der Waals surface area contributed by atoms with Gasteiger partial charge in [-0.15, -0.1) is 13.2 Å². The molecule has 8 nitrogen and oxygen atoms in total. The van der Waals surface area contributed by atoms with Crippen molar-refractivity contribution in [1.29, 1.82) is 0 Å². The number of hydrogen-bond donors (Lipinski definition) is 0. The van der Waals surface area contributed by atoms with Crippen molar-refractivity contribution in [3.05, 3.63) is 90.0 Å². The molecule has 2 amide bonds. The minimum absolute atomic E-state index is 0.0833. The number of ether oxygens (including phenoxy) is 4. The number of alkyl halides is 3. The first kappa shape index (κ1) is 31.5. The smallest absolute Gasteiger partial charge is 0.494 e. The molecule has 11 heteroatoms. The number of halogens is 3. The van der Waals surface area contributed by atoms with Gasteiger partial charge in [-0.05, 0) is 61.4 Å². The van der Waals surface area contributed by atoms with Gasteiger partial charge < -0.3 is 28.7 Å². The summed E-state index contributed by atoms with van der Waals surface area (Å²) < 4.78 is 58.4. The Morgan fingerprint density at radius 1 is 0.884 bits per heavy atom. The van der Waals surface area contributed by atoms with Gasteiger partial charge in [0.2, 0.25) is 5.60 Å². The number of benzene rings is 3. The van der Waals surface area contributed by atoms with Crippen LogP contribution in [0.25, 0.3) is 0 Å². The molecule has 0 N–H and O–H groups in total. The fourth-order valence-corrected chi connectivity index (χ4v) is 4.86. The van der Waals surface area contributed by atoms with Crippen molar-refractivity contribution in [1.82, 2.24) is 9.80 Å². The predicted molar refractivity (Wildman–Crippen MR) is 153 cm³/mol. The van der Waals surface area contributed by atoms with E-state index in [-0.39, 0.29) is 31.0 Å². The molecule has 0 radical (unpaired) electrons. The number of amides is 2. The van der Waals surface area contributed by atoms with Crippen LogP contribution in [0.15, 0.2) is 78.9 Å². The van der Waals surface area contributed by atoms with Crippen LogP contribution in [0.4, 0.5) is 18.0 Å². The standard InChI is InChI=1S/C32H35F3N2O6/c1-4-40-29(38)31(2,42-27-8-6-5-7-9-27)20-23-10-14-26(15-11-23)41-19-18-25-22-37(30(39)36(25)3)21-24-12-16-28(17-13-24)43-32(33,34)35/h5-17,25H,4,18-22H2,1-3H3. The summed E-state index contributed by atoms with van der Waals surface area (Å²) in [6.07, 6.45) is -3.87. The Balaban J connectivity index is 1.28. The first-order valence-corrected chi connectivity index (χ1v) is 14.0. The summed E-state index contributed by atoms with van der Waals surface area (Å²) in [6.45, 7) is 4.81. The molecule has 1 aliphatic heterocycles. The van der Waals surface area contributed by atoms with Crippen molar-refractivity contribution in [2.24, 2.45) is 0 Å². The molecular weight excluding hydrogens is 565 g/mol. The van der Waals surface area contributed by atoms with Gasteiger partial charge in [-0.25, -0.2) is 9.59 Å². The van der Waals surface area contributed by atoms with Gasteiger partial charge in [0.15, 0.2) is 0 Å². The maximum Gasteiger partial charge on any atom is 0.573 e. The van der Waals surface area contributed by atoms with Crippen molar-refractivity contribution in [2.75, 3.05) is 26.8 Å². The van der Waals surface area contributed by atoms with Crippen molar-refractivity contribution in [2.45, 2.75) is 51.2 Å². The second-order valence-electron chi connectivity index (χ2n) is 10.4. The van der Waals surface area contributed by atoms with Crippen LogP contribution in [0.2, 0.25) is 0 Å². The van der Waals surface area contributed by atoms with Gasteiger partial charge in [0.25, 0.3) is 0 Å². The minimum Gasteiger partial charge on any atom is -0.494 e. The second-order valence-corrected chi connectivity index (χ2v) is 10.4. The van der Waals surface area contributed by atoms with Crippen LogP contribution in [0.5, 0.6) is 17.2 Å². The number of hydrogen-bond acceptors (Lipinski definition) is 6. The summed E-state index contributed by atoms with van der Waals surface area (Å²) in [6, 6.07) is 21.8. The normalized spacial score (nSPS) is 16.5. The quantitative estimate of drug-likeness (QED) is 0.217. The van der Waals surface area contributed by atoms with Crippen LogP contribution in [0, 0.1) is 0 Å². The number of urea groups is 1. The van der Waals surface area contributed by atoms with Gasteiger partial charge in [-0.2, -0.15) is 0 Å². The molecule has 4 rings (SSSR count). The Bertz CT molecular complexity index is 1350. The van der Waals surface area contributed by atoms with Gasteiger partial charge >= 0.3 is 18.4 Å². The summed E-state index contributed by atoms with van der Waals surface area (Å²) in [5, 5.41) is 0. The highest BCUT2D eigenvalue weighted by molar-refractivity contribution is 5.80. The minimum atomic E-state index is -4.75. The van der Waals surface area contributed by atoms with Gasteiger partial charge in [0.1, 0.15) is 17.2 Å². The van der Waals surface area contributed by atoms with E-state index in [1.807, 2.05) is 42.5 Å². The van der Waals surface area contributed by atoms with Crippen LogP contribution in [0.1, 0.15) is 31.4 Å². The second kappa shape index (κ2) is 13.7. The maximum atomic E-state index is 12.8. The predicted octanol–water partition coefficient (Wildman–Crippen LogP) is 6.23. The number of rotatable bonds is 13. The first-order chi connectivity index (χ1) is 20.5. The lowest BCUT2D eigenvalue weighted by Gasteiger charge is -2.28. The number of carbonyl (C=O) groups is 2. The average molecular weight is 601 g/mol. The van der Waals surface area contributed by atoms with Crippen LogP contribution in [-0.2, 0) is 22.5 Å². The first-order valence-electron chi connectivity index (χ1n) is 14.0. The average Bonchev–Trinajstić information content (AvgIpc) is 3.22. The van der Waals surface area contributed by atoms with Crippen molar-refractivity contribution >= 4 is 12.0 Å². The third-order valence-corrected chi connectivity index (χ3v) is 7.06. The Labute approximate surface area is 248 Å². The lowest BCUT2D eigenvalue weighted by atomic mass is 9.96. The van der Waals surface area contributed by atoms with Gasteiger partial charge in [0.05, 0.1) is 19.3 Å². The zero-order valence-electron chi connectivity index (χ0n) is 24.3. The molecule has 1 saturated heterocycles. The lowest BCUT2D eigenvalue weighted by Crippen LogP contribution is -2.45. The molecule has 0 aromatic heterocycles. The number of likely N-dealkylation sites (N-methyl/N-ethyl adjacent to an activating group) is 1. The highest BCUT2D eigenvalue weighted by Gasteiger charge is 2.38. The molecule has 0 bridgehead atoms. The summed E-state index contributed by atoms with van der Waals surface area (Å²) in [5.74, 6) is 0.463. The monoisotopic (exact) mass is 600 g/mol. The molecular formula is C32H35F3N2O6. The van der Waals surface area contributed by atoms with Gasteiger partial charge in [-0.3, -0.25) is 0 Å². The Morgan fingerprint density at radius 2 is 1.49 bits per heavy atom. The Kier molecular flexibility index (Phi) is 10.1. The van der Waals surface area contributed by atoms with Crippen LogP contribution < -0.4 is 14.2 Å². The van der Waals surface area contributed by atoms with E-state index in [0.29, 0.717) is 43.1 Å². The largest absolute Gasteiger partial charge is 0.573 e. The van der Waals surface area contributed by atoms with Crippen LogP contribution in [0.3, 0.4) is 0 Å². The Morgan fingerprint density at radius 3 is 2.12 bits per heavy atom. The highest BCUT2D eigenvalue weighted by atomic mass is 19.4.